The quantitative estimate of drug-likeness (QED) is 0.752. The molecule has 1 N–H and O–H groups in total. The van der Waals surface area contributed by atoms with Crippen LogP contribution in [0.15, 0.2) is 20.6 Å². The third-order valence-corrected chi connectivity index (χ3v) is 5.09. The van der Waals surface area contributed by atoms with E-state index in [4.69, 9.17) is 0 Å². The molecule has 92 valence electrons. The van der Waals surface area contributed by atoms with Gasteiger partial charge >= 0.3 is 0 Å². The van der Waals surface area contributed by atoms with Crippen molar-refractivity contribution in [2.45, 2.75) is 17.0 Å². The first-order valence-corrected chi connectivity index (χ1v) is 7.80. The normalized spacial score (nSPS) is 11.2. The molecule has 0 saturated carbocycles. The van der Waals surface area contributed by atoms with Gasteiger partial charge in [0.05, 0.1) is 11.3 Å². The Balaban J connectivity index is 1.84. The van der Waals surface area contributed by atoms with Crippen LogP contribution in [-0.4, -0.2) is 20.2 Å². The molecule has 0 aliphatic rings. The van der Waals surface area contributed by atoms with Crippen molar-refractivity contribution in [3.8, 4) is 0 Å². The molecule has 3 rings (SSSR count). The van der Waals surface area contributed by atoms with E-state index in [0.717, 1.165) is 14.9 Å². The third-order valence-electron chi connectivity index (χ3n) is 2.20. The monoisotopic (exact) mass is 296 g/mol. The highest BCUT2D eigenvalue weighted by molar-refractivity contribution is 8.00. The maximum atomic E-state index is 11.8. The fraction of sp³-hybridized carbons (Fsp3) is 0.200. The van der Waals surface area contributed by atoms with Crippen molar-refractivity contribution in [1.29, 1.82) is 0 Å². The van der Waals surface area contributed by atoms with E-state index >= 15 is 0 Å². The second-order valence-corrected chi connectivity index (χ2v) is 6.84. The second kappa shape index (κ2) is 4.79. The van der Waals surface area contributed by atoms with Crippen molar-refractivity contribution in [3.05, 3.63) is 32.6 Å². The number of hydrogen-bond acceptors (Lipinski definition) is 7. The van der Waals surface area contributed by atoms with E-state index in [1.165, 1.54) is 34.4 Å². The number of nitrogens with zero attached hydrogens (tertiary/aromatic N) is 3. The summed E-state index contributed by atoms with van der Waals surface area (Å²) in [6.07, 6.45) is 0. The van der Waals surface area contributed by atoms with Gasteiger partial charge in [0, 0.05) is 0 Å². The molecule has 0 aliphatic carbocycles. The van der Waals surface area contributed by atoms with Gasteiger partial charge < -0.3 is 4.98 Å². The molecule has 0 amide bonds. The predicted molar refractivity (Wildman–Crippen MR) is 74.4 cm³/mol. The Morgan fingerprint density at radius 1 is 1.44 bits per heavy atom. The van der Waals surface area contributed by atoms with Crippen molar-refractivity contribution in [3.63, 3.8) is 0 Å². The highest BCUT2D eigenvalue weighted by Gasteiger charge is 2.07. The topological polar surface area (TPSA) is 71.5 Å². The first-order valence-electron chi connectivity index (χ1n) is 5.11. The molecule has 18 heavy (non-hydrogen) atoms. The molecule has 0 aromatic carbocycles. The summed E-state index contributed by atoms with van der Waals surface area (Å²) in [6, 6.07) is 1.86. The molecule has 0 atom stereocenters. The zero-order valence-electron chi connectivity index (χ0n) is 9.34. The number of thioether (sulfide) groups is 1. The van der Waals surface area contributed by atoms with Crippen LogP contribution in [0, 0.1) is 6.92 Å². The summed E-state index contributed by atoms with van der Waals surface area (Å²) in [5, 5.41) is 10.8. The number of aryl methyl sites for hydroxylation is 1. The Morgan fingerprint density at radius 3 is 3.11 bits per heavy atom. The van der Waals surface area contributed by atoms with Crippen LogP contribution in [0.1, 0.15) is 10.8 Å². The van der Waals surface area contributed by atoms with E-state index in [1.54, 1.807) is 0 Å². The van der Waals surface area contributed by atoms with Gasteiger partial charge in [-0.05, 0) is 18.4 Å². The first kappa shape index (κ1) is 11.8. The van der Waals surface area contributed by atoms with Crippen LogP contribution in [0.5, 0.6) is 0 Å². The Labute approximate surface area is 114 Å². The number of hydrogen-bond donors (Lipinski definition) is 1. The highest BCUT2D eigenvalue weighted by Crippen LogP contribution is 2.24. The third kappa shape index (κ3) is 2.31. The minimum atomic E-state index is -0.0703. The number of nitrogens with one attached hydrogen (secondary N) is 1. The van der Waals surface area contributed by atoms with E-state index in [9.17, 15) is 4.79 Å². The molecule has 8 heteroatoms. The maximum absolute atomic E-state index is 11.8. The molecule has 0 fully saturated rings. The van der Waals surface area contributed by atoms with Crippen LogP contribution >= 0.6 is 34.4 Å². The smallest absolute Gasteiger partial charge is 0.268 e. The average molecular weight is 296 g/mol. The Kier molecular flexibility index (Phi) is 3.14. The summed E-state index contributed by atoms with van der Waals surface area (Å²) in [4.78, 5) is 19.0. The van der Waals surface area contributed by atoms with E-state index < -0.39 is 0 Å². The Bertz CT molecular complexity index is 745. The zero-order valence-corrected chi connectivity index (χ0v) is 11.8. The van der Waals surface area contributed by atoms with Gasteiger partial charge in [0.15, 0.2) is 4.34 Å². The van der Waals surface area contributed by atoms with Gasteiger partial charge in [0.25, 0.3) is 5.56 Å². The van der Waals surface area contributed by atoms with Gasteiger partial charge in [0.2, 0.25) is 0 Å². The molecule has 3 aromatic rings. The maximum Gasteiger partial charge on any atom is 0.268 e. The molecule has 0 unspecified atom stereocenters. The van der Waals surface area contributed by atoms with Crippen molar-refractivity contribution < 1.29 is 0 Å². The van der Waals surface area contributed by atoms with Crippen LogP contribution in [0.3, 0.4) is 0 Å². The zero-order chi connectivity index (χ0) is 12.5. The van der Waals surface area contributed by atoms with Crippen LogP contribution < -0.4 is 5.56 Å². The minimum absolute atomic E-state index is 0.0703. The summed E-state index contributed by atoms with van der Waals surface area (Å²) in [7, 11) is 0. The van der Waals surface area contributed by atoms with Crippen molar-refractivity contribution in [2.24, 2.45) is 0 Å². The lowest BCUT2D eigenvalue weighted by Crippen LogP contribution is -2.09. The summed E-state index contributed by atoms with van der Waals surface area (Å²) in [5.41, 5.74) is 0.687. The second-order valence-electron chi connectivity index (χ2n) is 3.52. The van der Waals surface area contributed by atoms with Crippen molar-refractivity contribution in [2.75, 3.05) is 0 Å². The van der Waals surface area contributed by atoms with Crippen LogP contribution in [0.4, 0.5) is 0 Å². The predicted octanol–water partition coefficient (Wildman–Crippen LogP) is 2.44. The molecule has 5 nitrogen and oxygen atoms in total. The van der Waals surface area contributed by atoms with E-state index in [1.807, 2.05) is 18.4 Å². The fourth-order valence-electron chi connectivity index (χ4n) is 1.46. The van der Waals surface area contributed by atoms with Gasteiger partial charge in [-0.3, -0.25) is 4.79 Å². The molecular weight excluding hydrogens is 288 g/mol. The molecule has 3 heterocycles. The molecule has 0 bridgehead atoms. The van der Waals surface area contributed by atoms with Gasteiger partial charge in [-0.2, -0.15) is 0 Å². The number of aromatic nitrogens is 4. The number of fused-ring (bicyclic) bond motifs is 1. The summed E-state index contributed by atoms with van der Waals surface area (Å²) >= 11 is 4.48. The molecular formula is C10H8N4OS3. The Hall–Kier alpha value is -1.25. The van der Waals surface area contributed by atoms with Gasteiger partial charge in [-0.25, -0.2) is 4.98 Å². The van der Waals surface area contributed by atoms with Crippen molar-refractivity contribution >= 4 is 44.7 Å². The lowest BCUT2D eigenvalue weighted by molar-refractivity contribution is 0.979. The van der Waals surface area contributed by atoms with Crippen LogP contribution in [0.2, 0.25) is 0 Å². The Morgan fingerprint density at radius 2 is 2.33 bits per heavy atom. The summed E-state index contributed by atoms with van der Waals surface area (Å²) < 4.78 is 1.57. The van der Waals surface area contributed by atoms with Crippen LogP contribution in [0.25, 0.3) is 10.2 Å². The molecule has 0 saturated heterocycles. The summed E-state index contributed by atoms with van der Waals surface area (Å²) in [5.74, 6) is 1.26. The van der Waals surface area contributed by atoms with E-state index in [2.05, 4.69) is 20.2 Å². The van der Waals surface area contributed by atoms with Crippen LogP contribution in [-0.2, 0) is 5.75 Å². The molecule has 0 spiro atoms. The molecule has 0 radical (unpaired) electrons. The van der Waals surface area contributed by atoms with Gasteiger partial charge in [-0.15, -0.1) is 21.5 Å². The molecule has 0 aliphatic heterocycles. The fourth-order valence-corrected chi connectivity index (χ4v) is 3.87. The first-order chi connectivity index (χ1) is 8.72. The highest BCUT2D eigenvalue weighted by atomic mass is 32.2. The van der Waals surface area contributed by atoms with Gasteiger partial charge in [-0.1, -0.05) is 23.1 Å². The lowest BCUT2D eigenvalue weighted by atomic mass is 10.4. The van der Waals surface area contributed by atoms with E-state index in [-0.39, 0.29) is 5.56 Å². The van der Waals surface area contributed by atoms with E-state index in [0.29, 0.717) is 16.3 Å². The number of aromatic amines is 1. The van der Waals surface area contributed by atoms with Gasteiger partial charge in [0.1, 0.15) is 15.5 Å². The SMILES string of the molecule is Cc1nnc(SCc2nc3ccsc3c(=O)[nH]2)s1. The minimum Gasteiger partial charge on any atom is -0.309 e. The lowest BCUT2D eigenvalue weighted by Gasteiger charge is -1.98. The number of rotatable bonds is 3. The number of H-pyrrole nitrogens is 1. The largest absolute Gasteiger partial charge is 0.309 e. The summed E-state index contributed by atoms with van der Waals surface area (Å²) in [6.45, 7) is 1.92. The molecule has 3 aromatic heterocycles. The average Bonchev–Trinajstić information content (AvgIpc) is 2.95. The number of thiophene rings is 1. The standard InChI is InChI=1S/C10H8N4OS3/c1-5-13-14-10(18-5)17-4-7-11-6-2-3-16-8(6)9(15)12-7/h2-3H,4H2,1H3,(H,11,12,15). The van der Waals surface area contributed by atoms with Crippen molar-refractivity contribution in [1.82, 2.24) is 20.2 Å².